The number of amides is 1. The Kier molecular flexibility index (Phi) is 4.70. The number of benzene rings is 1. The smallest absolute Gasteiger partial charge is 0.255 e. The van der Waals surface area contributed by atoms with Crippen molar-refractivity contribution in [1.29, 1.82) is 0 Å². The van der Waals surface area contributed by atoms with Crippen molar-refractivity contribution >= 4 is 34.5 Å². The normalized spacial score (nSPS) is 19.9. The third-order valence-corrected chi connectivity index (χ3v) is 4.11. The van der Waals surface area contributed by atoms with Crippen LogP contribution in [0.3, 0.4) is 0 Å². The molecule has 1 aliphatic rings. The summed E-state index contributed by atoms with van der Waals surface area (Å²) < 4.78 is 6.23. The Labute approximate surface area is 121 Å². The van der Waals surface area contributed by atoms with Gasteiger partial charge in [-0.15, -0.1) is 12.6 Å². The van der Waals surface area contributed by atoms with Crippen LogP contribution in [0.5, 0.6) is 0 Å². The Bertz CT molecular complexity index is 453. The van der Waals surface area contributed by atoms with Crippen LogP contribution in [0.25, 0.3) is 0 Å². The number of carbonyl (C=O) groups is 1. The molecule has 0 saturated carbocycles. The van der Waals surface area contributed by atoms with Crippen molar-refractivity contribution < 1.29 is 9.53 Å². The molecule has 0 spiro atoms. The van der Waals surface area contributed by atoms with Crippen LogP contribution in [0.15, 0.2) is 27.6 Å². The second kappa shape index (κ2) is 6.08. The molecule has 2 rings (SSSR count). The third-order valence-electron chi connectivity index (χ3n) is 3.14. The van der Waals surface area contributed by atoms with E-state index in [0.717, 1.165) is 15.8 Å². The number of rotatable bonds is 2. The van der Waals surface area contributed by atoms with Crippen molar-refractivity contribution in [2.45, 2.75) is 24.3 Å². The number of nitrogens with zero attached hydrogens (tertiary/aromatic N) is 1. The van der Waals surface area contributed by atoms with Gasteiger partial charge >= 0.3 is 0 Å². The van der Waals surface area contributed by atoms with E-state index >= 15 is 0 Å². The van der Waals surface area contributed by atoms with Gasteiger partial charge in [0.1, 0.15) is 0 Å². The Morgan fingerprint density at radius 3 is 3.11 bits per heavy atom. The third kappa shape index (κ3) is 2.90. The lowest BCUT2D eigenvalue weighted by molar-refractivity contribution is -0.00286. The van der Waals surface area contributed by atoms with E-state index in [1.807, 2.05) is 17.0 Å². The van der Waals surface area contributed by atoms with E-state index in [-0.39, 0.29) is 11.9 Å². The van der Waals surface area contributed by atoms with E-state index in [1.54, 1.807) is 6.07 Å². The first-order valence-corrected chi connectivity index (χ1v) is 7.24. The van der Waals surface area contributed by atoms with Crippen LogP contribution in [0.4, 0.5) is 0 Å². The van der Waals surface area contributed by atoms with Gasteiger partial charge < -0.3 is 9.64 Å². The Morgan fingerprint density at radius 1 is 1.61 bits per heavy atom. The van der Waals surface area contributed by atoms with Gasteiger partial charge in [0.25, 0.3) is 5.91 Å². The van der Waals surface area contributed by atoms with Crippen LogP contribution in [0.1, 0.15) is 23.7 Å². The summed E-state index contributed by atoms with van der Waals surface area (Å²) in [7, 11) is 0. The van der Waals surface area contributed by atoms with E-state index in [9.17, 15) is 4.79 Å². The van der Waals surface area contributed by atoms with E-state index in [4.69, 9.17) is 4.74 Å². The molecule has 1 aliphatic heterocycles. The van der Waals surface area contributed by atoms with Crippen LogP contribution >= 0.6 is 28.6 Å². The first kappa shape index (κ1) is 13.9. The summed E-state index contributed by atoms with van der Waals surface area (Å²) in [5, 5.41) is 0. The first-order valence-electron chi connectivity index (χ1n) is 6.00. The number of carbonyl (C=O) groups excluding carboxylic acids is 1. The van der Waals surface area contributed by atoms with Gasteiger partial charge in [0.2, 0.25) is 0 Å². The van der Waals surface area contributed by atoms with Crippen molar-refractivity contribution in [3.63, 3.8) is 0 Å². The van der Waals surface area contributed by atoms with Crippen LogP contribution in [0.2, 0.25) is 0 Å². The fourth-order valence-corrected chi connectivity index (χ4v) is 2.71. The first-order chi connectivity index (χ1) is 8.63. The zero-order valence-electron chi connectivity index (χ0n) is 10.2. The number of hydrogen-bond donors (Lipinski definition) is 1. The summed E-state index contributed by atoms with van der Waals surface area (Å²) in [6.07, 6.45) is 0.907. The minimum absolute atomic E-state index is 0.0490. The molecule has 0 aliphatic carbocycles. The Hall–Kier alpha value is -0.520. The maximum atomic E-state index is 12.5. The molecular weight excluding hydrogens is 314 g/mol. The summed E-state index contributed by atoms with van der Waals surface area (Å²) >= 11 is 7.72. The molecule has 18 heavy (non-hydrogen) atoms. The summed E-state index contributed by atoms with van der Waals surface area (Å²) in [6, 6.07) is 5.69. The molecule has 1 amide bonds. The number of hydrogen-bond acceptors (Lipinski definition) is 3. The molecule has 0 bridgehead atoms. The number of ether oxygens (including phenoxy) is 1. The predicted octanol–water partition coefficient (Wildman–Crippen LogP) is 2.99. The lowest BCUT2D eigenvalue weighted by Crippen LogP contribution is -2.48. The second-order valence-corrected chi connectivity index (χ2v) is 5.67. The van der Waals surface area contributed by atoms with Gasteiger partial charge in [-0.3, -0.25) is 4.79 Å². The monoisotopic (exact) mass is 329 g/mol. The van der Waals surface area contributed by atoms with Gasteiger partial charge in [0.05, 0.1) is 24.8 Å². The van der Waals surface area contributed by atoms with Crippen LogP contribution in [-0.4, -0.2) is 36.6 Å². The van der Waals surface area contributed by atoms with Gasteiger partial charge in [-0.05, 0) is 40.5 Å². The molecular formula is C13H16BrNO2S. The molecule has 0 aromatic heterocycles. The van der Waals surface area contributed by atoms with E-state index in [2.05, 4.69) is 35.5 Å². The fraction of sp³-hybridized carbons (Fsp3) is 0.462. The summed E-state index contributed by atoms with van der Waals surface area (Å²) in [4.78, 5) is 15.2. The van der Waals surface area contributed by atoms with Crippen molar-refractivity contribution in [3.8, 4) is 0 Å². The average Bonchev–Trinajstić information content (AvgIpc) is 2.40. The van der Waals surface area contributed by atoms with Crippen LogP contribution in [0, 0.1) is 0 Å². The predicted molar refractivity (Wildman–Crippen MR) is 77.3 cm³/mol. The molecule has 98 valence electrons. The molecule has 3 nitrogen and oxygen atoms in total. The minimum atomic E-state index is 0.0490. The molecule has 1 heterocycles. The van der Waals surface area contributed by atoms with Crippen LogP contribution < -0.4 is 0 Å². The molecule has 0 N–H and O–H groups in total. The van der Waals surface area contributed by atoms with Crippen molar-refractivity contribution in [2.24, 2.45) is 0 Å². The highest BCUT2D eigenvalue weighted by Crippen LogP contribution is 2.24. The molecule has 1 fully saturated rings. The SMILES string of the molecule is CCC1COCCN1C(=O)c1cc(S)ccc1Br. The number of thiol groups is 1. The topological polar surface area (TPSA) is 29.5 Å². The highest BCUT2D eigenvalue weighted by atomic mass is 79.9. The van der Waals surface area contributed by atoms with E-state index in [1.165, 1.54) is 0 Å². The Balaban J connectivity index is 2.26. The maximum absolute atomic E-state index is 12.5. The van der Waals surface area contributed by atoms with Crippen molar-refractivity contribution in [3.05, 3.63) is 28.2 Å². The fourth-order valence-electron chi connectivity index (χ4n) is 2.09. The zero-order chi connectivity index (χ0) is 13.1. The van der Waals surface area contributed by atoms with Gasteiger partial charge in [-0.1, -0.05) is 6.92 Å². The average molecular weight is 330 g/mol. The van der Waals surface area contributed by atoms with Gasteiger partial charge in [0.15, 0.2) is 0 Å². The standard InChI is InChI=1S/C13H16BrNO2S/c1-2-9-8-17-6-5-15(9)13(16)11-7-10(18)3-4-12(11)14/h3-4,7,9,18H,2,5-6,8H2,1H3. The van der Waals surface area contributed by atoms with Crippen molar-refractivity contribution in [1.82, 2.24) is 4.90 Å². The molecule has 5 heteroatoms. The summed E-state index contributed by atoms with van der Waals surface area (Å²) in [5.41, 5.74) is 0.669. The van der Waals surface area contributed by atoms with E-state index in [0.29, 0.717) is 25.3 Å². The van der Waals surface area contributed by atoms with Gasteiger partial charge in [-0.25, -0.2) is 0 Å². The molecule has 1 saturated heterocycles. The van der Waals surface area contributed by atoms with Gasteiger partial charge in [0, 0.05) is 15.9 Å². The molecule has 1 aromatic rings. The van der Waals surface area contributed by atoms with Crippen molar-refractivity contribution in [2.75, 3.05) is 19.8 Å². The molecule has 1 aromatic carbocycles. The highest BCUT2D eigenvalue weighted by Gasteiger charge is 2.27. The maximum Gasteiger partial charge on any atom is 0.255 e. The number of morpholine rings is 1. The lowest BCUT2D eigenvalue weighted by Gasteiger charge is -2.35. The minimum Gasteiger partial charge on any atom is -0.377 e. The van der Waals surface area contributed by atoms with Gasteiger partial charge in [-0.2, -0.15) is 0 Å². The van der Waals surface area contributed by atoms with Crippen LogP contribution in [-0.2, 0) is 4.74 Å². The molecule has 1 atom stereocenters. The quantitative estimate of drug-likeness (QED) is 0.845. The molecule has 0 radical (unpaired) electrons. The lowest BCUT2D eigenvalue weighted by atomic mass is 10.1. The number of halogens is 1. The highest BCUT2D eigenvalue weighted by molar-refractivity contribution is 9.10. The zero-order valence-corrected chi connectivity index (χ0v) is 12.7. The summed E-state index contributed by atoms with van der Waals surface area (Å²) in [5.74, 6) is 0.0490. The van der Waals surface area contributed by atoms with E-state index < -0.39 is 0 Å². The largest absolute Gasteiger partial charge is 0.377 e. The molecule has 1 unspecified atom stereocenters. The second-order valence-electron chi connectivity index (χ2n) is 4.30. The summed E-state index contributed by atoms with van der Waals surface area (Å²) in [6.45, 7) is 3.96. The Morgan fingerprint density at radius 2 is 2.39 bits per heavy atom.